The quantitative estimate of drug-likeness (QED) is 0.392. The molecule has 0 aromatic carbocycles. The van der Waals surface area contributed by atoms with E-state index in [2.05, 4.69) is 10.4 Å². The monoisotopic (exact) mass is 152 g/mol. The summed E-state index contributed by atoms with van der Waals surface area (Å²) in [5, 5.41) is 0. The van der Waals surface area contributed by atoms with E-state index in [1.54, 1.807) is 12.1 Å². The van der Waals surface area contributed by atoms with Crippen LogP contribution in [0.15, 0.2) is 18.3 Å². The molecule has 0 aliphatic rings. The Labute approximate surface area is 63.4 Å². The van der Waals surface area contributed by atoms with Crippen LogP contribution in [0.2, 0.25) is 0 Å². The number of nitrogens with one attached hydrogen (secondary N) is 1. The van der Waals surface area contributed by atoms with Gasteiger partial charge in [0, 0.05) is 6.20 Å². The van der Waals surface area contributed by atoms with Crippen LogP contribution in [0.1, 0.15) is 10.5 Å². The summed E-state index contributed by atoms with van der Waals surface area (Å²) in [6, 6.07) is 3.27. The molecule has 1 heterocycles. The molecule has 5 heteroatoms. The second-order valence-electron chi connectivity index (χ2n) is 1.91. The Morgan fingerprint density at radius 1 is 1.64 bits per heavy atom. The maximum atomic E-state index is 10.6. The van der Waals surface area contributed by atoms with Gasteiger partial charge in [-0.2, -0.15) is 0 Å². The van der Waals surface area contributed by atoms with E-state index in [1.165, 1.54) is 6.20 Å². The fourth-order valence-electron chi connectivity index (χ4n) is 0.718. The van der Waals surface area contributed by atoms with E-state index in [0.717, 1.165) is 0 Å². The number of rotatable bonds is 2. The van der Waals surface area contributed by atoms with Gasteiger partial charge in [-0.15, -0.1) is 0 Å². The minimum atomic E-state index is -0.599. The van der Waals surface area contributed by atoms with Gasteiger partial charge in [0.2, 0.25) is 0 Å². The van der Waals surface area contributed by atoms with Crippen molar-refractivity contribution in [2.75, 3.05) is 5.43 Å². The minimum absolute atomic E-state index is 0.148. The van der Waals surface area contributed by atoms with Gasteiger partial charge in [0.05, 0.1) is 5.69 Å². The zero-order valence-corrected chi connectivity index (χ0v) is 5.74. The molecule has 0 radical (unpaired) electrons. The molecule has 11 heavy (non-hydrogen) atoms. The first-order chi connectivity index (χ1) is 5.25. The van der Waals surface area contributed by atoms with Crippen molar-refractivity contribution in [1.29, 1.82) is 0 Å². The van der Waals surface area contributed by atoms with Crippen LogP contribution in [0, 0.1) is 0 Å². The first-order valence-corrected chi connectivity index (χ1v) is 2.97. The first-order valence-electron chi connectivity index (χ1n) is 2.97. The summed E-state index contributed by atoms with van der Waals surface area (Å²) in [7, 11) is 0. The lowest BCUT2D eigenvalue weighted by Gasteiger charge is -2.01. The fraction of sp³-hybridized carbons (Fsp3) is 0. The zero-order valence-electron chi connectivity index (χ0n) is 5.74. The van der Waals surface area contributed by atoms with E-state index in [9.17, 15) is 4.79 Å². The van der Waals surface area contributed by atoms with E-state index in [1.807, 2.05) is 0 Å². The molecule has 1 amide bonds. The first kappa shape index (κ1) is 7.49. The van der Waals surface area contributed by atoms with Gasteiger partial charge < -0.3 is 11.2 Å². The molecule has 1 rings (SSSR count). The Morgan fingerprint density at radius 3 is 2.82 bits per heavy atom. The molecule has 0 unspecified atom stereocenters. The molecule has 0 aliphatic heterocycles. The normalized spacial score (nSPS) is 9.18. The maximum Gasteiger partial charge on any atom is 0.269 e. The van der Waals surface area contributed by atoms with Crippen LogP contribution in [0.4, 0.5) is 5.69 Å². The molecule has 0 saturated heterocycles. The predicted molar refractivity (Wildman–Crippen MR) is 40.6 cm³/mol. The van der Waals surface area contributed by atoms with E-state index in [-0.39, 0.29) is 5.69 Å². The van der Waals surface area contributed by atoms with Gasteiger partial charge in [-0.1, -0.05) is 0 Å². The Balaban J connectivity index is 3.12. The Hall–Kier alpha value is -1.62. The van der Waals surface area contributed by atoms with Crippen molar-refractivity contribution in [3.05, 3.63) is 24.0 Å². The molecule has 0 aliphatic carbocycles. The minimum Gasteiger partial charge on any atom is -0.364 e. The second kappa shape index (κ2) is 2.98. The van der Waals surface area contributed by atoms with Gasteiger partial charge in [0.1, 0.15) is 0 Å². The van der Waals surface area contributed by atoms with Crippen LogP contribution in [-0.4, -0.2) is 10.9 Å². The smallest absolute Gasteiger partial charge is 0.269 e. The van der Waals surface area contributed by atoms with Crippen LogP contribution in [-0.2, 0) is 0 Å². The van der Waals surface area contributed by atoms with Gasteiger partial charge in [-0.25, -0.2) is 4.98 Å². The van der Waals surface area contributed by atoms with Crippen molar-refractivity contribution in [2.45, 2.75) is 0 Å². The maximum absolute atomic E-state index is 10.6. The van der Waals surface area contributed by atoms with Crippen LogP contribution in [0.25, 0.3) is 0 Å². The van der Waals surface area contributed by atoms with Crippen LogP contribution in [0.3, 0.4) is 0 Å². The van der Waals surface area contributed by atoms with E-state index in [0.29, 0.717) is 5.69 Å². The number of primary amides is 1. The lowest BCUT2D eigenvalue weighted by atomic mass is 10.3. The number of carbonyl (C=O) groups excluding carboxylic acids is 1. The van der Waals surface area contributed by atoms with E-state index in [4.69, 9.17) is 11.6 Å². The van der Waals surface area contributed by atoms with Crippen LogP contribution in [0.5, 0.6) is 0 Å². The van der Waals surface area contributed by atoms with E-state index < -0.39 is 5.91 Å². The molecule has 5 nitrogen and oxygen atoms in total. The molecule has 0 spiro atoms. The molecule has 5 N–H and O–H groups in total. The Morgan fingerprint density at radius 2 is 2.36 bits per heavy atom. The number of carbonyl (C=O) groups is 1. The highest BCUT2D eigenvalue weighted by atomic mass is 16.1. The molecule has 58 valence electrons. The molecular formula is C6H8N4O. The van der Waals surface area contributed by atoms with Gasteiger partial charge in [-0.05, 0) is 12.1 Å². The molecule has 0 fully saturated rings. The topological polar surface area (TPSA) is 94.0 Å². The summed E-state index contributed by atoms with van der Waals surface area (Å²) < 4.78 is 0. The van der Waals surface area contributed by atoms with Gasteiger partial charge >= 0.3 is 0 Å². The van der Waals surface area contributed by atoms with Crippen LogP contribution < -0.4 is 17.0 Å². The number of anilines is 1. The van der Waals surface area contributed by atoms with Crippen LogP contribution >= 0.6 is 0 Å². The zero-order chi connectivity index (χ0) is 8.27. The number of nitrogens with two attached hydrogens (primary N) is 2. The van der Waals surface area contributed by atoms with Crippen molar-refractivity contribution in [2.24, 2.45) is 11.6 Å². The fourth-order valence-corrected chi connectivity index (χ4v) is 0.718. The SMILES string of the molecule is NNc1cccnc1C(N)=O. The third kappa shape index (κ3) is 1.44. The third-order valence-electron chi connectivity index (χ3n) is 1.20. The summed E-state index contributed by atoms with van der Waals surface area (Å²) in [5.74, 6) is 4.49. The number of amides is 1. The van der Waals surface area contributed by atoms with E-state index >= 15 is 0 Å². The standard InChI is InChI=1S/C6H8N4O/c7-6(11)5-4(10-8)2-1-3-9-5/h1-3,10H,8H2,(H2,7,11). The average molecular weight is 152 g/mol. The van der Waals surface area contributed by atoms with Crippen molar-refractivity contribution in [1.82, 2.24) is 4.98 Å². The number of hydrazine groups is 1. The highest BCUT2D eigenvalue weighted by Gasteiger charge is 2.06. The average Bonchev–Trinajstić information content (AvgIpc) is 2.04. The molecule has 1 aromatic heterocycles. The van der Waals surface area contributed by atoms with Gasteiger partial charge in [-0.3, -0.25) is 10.6 Å². The summed E-state index contributed by atoms with van der Waals surface area (Å²) in [6.07, 6.45) is 1.47. The third-order valence-corrected chi connectivity index (χ3v) is 1.20. The largest absolute Gasteiger partial charge is 0.364 e. The molecule has 0 bridgehead atoms. The predicted octanol–water partition coefficient (Wildman–Crippen LogP) is -0.534. The summed E-state index contributed by atoms with van der Waals surface area (Å²) in [5.41, 5.74) is 7.89. The summed E-state index contributed by atoms with van der Waals surface area (Å²) in [4.78, 5) is 14.4. The summed E-state index contributed by atoms with van der Waals surface area (Å²) >= 11 is 0. The highest BCUT2D eigenvalue weighted by Crippen LogP contribution is 2.08. The molecular weight excluding hydrogens is 144 g/mol. The number of pyridine rings is 1. The number of nitrogen functional groups attached to an aromatic ring is 1. The van der Waals surface area contributed by atoms with Gasteiger partial charge in [0.25, 0.3) is 5.91 Å². The highest BCUT2D eigenvalue weighted by molar-refractivity contribution is 5.96. The Kier molecular flexibility index (Phi) is 2.03. The molecule has 1 aromatic rings. The molecule has 0 atom stereocenters. The lowest BCUT2D eigenvalue weighted by molar-refractivity contribution is 0.0996. The molecule has 0 saturated carbocycles. The number of aromatic nitrogens is 1. The van der Waals surface area contributed by atoms with Crippen molar-refractivity contribution >= 4 is 11.6 Å². The van der Waals surface area contributed by atoms with Gasteiger partial charge in [0.15, 0.2) is 5.69 Å². The number of hydrogen-bond acceptors (Lipinski definition) is 4. The number of nitrogens with zero attached hydrogens (tertiary/aromatic N) is 1. The lowest BCUT2D eigenvalue weighted by Crippen LogP contribution is -2.18. The van der Waals surface area contributed by atoms with Crippen molar-refractivity contribution in [3.63, 3.8) is 0 Å². The second-order valence-corrected chi connectivity index (χ2v) is 1.91. The Bertz CT molecular complexity index is 273. The number of hydrogen-bond donors (Lipinski definition) is 3. The van der Waals surface area contributed by atoms with Crippen molar-refractivity contribution < 1.29 is 4.79 Å². The summed E-state index contributed by atoms with van der Waals surface area (Å²) in [6.45, 7) is 0. The van der Waals surface area contributed by atoms with Crippen molar-refractivity contribution in [3.8, 4) is 0 Å².